The standard InChI is InChI=1S/C25H19Cl2N3O5/c1-34-22-13-17(7-11-21(22)35-23(31)12-8-16-5-3-2-4-6-16)15-28-30-25(33)24(32)29-18-9-10-19(26)20(27)14-18/h2-15H,1H3,(H,29,32)(H,30,33). The van der Waals surface area contributed by atoms with E-state index in [4.69, 9.17) is 32.7 Å². The molecule has 0 saturated carbocycles. The summed E-state index contributed by atoms with van der Waals surface area (Å²) < 4.78 is 10.6. The van der Waals surface area contributed by atoms with Crippen molar-refractivity contribution in [1.82, 2.24) is 5.43 Å². The number of hydrogen-bond donors (Lipinski definition) is 2. The Morgan fingerprint density at radius 3 is 2.34 bits per heavy atom. The molecule has 0 aliphatic carbocycles. The molecule has 0 aromatic heterocycles. The van der Waals surface area contributed by atoms with Gasteiger partial charge in [-0.1, -0.05) is 53.5 Å². The number of carbonyl (C=O) groups excluding carboxylic acids is 3. The third-order valence-corrected chi connectivity index (χ3v) is 5.11. The van der Waals surface area contributed by atoms with Crippen molar-refractivity contribution in [2.75, 3.05) is 12.4 Å². The lowest BCUT2D eigenvalue weighted by Gasteiger charge is -2.08. The van der Waals surface area contributed by atoms with E-state index in [2.05, 4.69) is 15.8 Å². The smallest absolute Gasteiger partial charge is 0.336 e. The highest BCUT2D eigenvalue weighted by atomic mass is 35.5. The molecule has 0 fully saturated rings. The van der Waals surface area contributed by atoms with Crippen molar-refractivity contribution < 1.29 is 23.9 Å². The fourth-order valence-corrected chi connectivity index (χ4v) is 3.00. The van der Waals surface area contributed by atoms with Gasteiger partial charge in [0, 0.05) is 11.8 Å². The summed E-state index contributed by atoms with van der Waals surface area (Å²) in [6, 6.07) is 18.4. The van der Waals surface area contributed by atoms with Crippen LogP contribution in [0.25, 0.3) is 6.08 Å². The Hall–Kier alpha value is -4.14. The molecule has 0 bridgehead atoms. The molecule has 2 N–H and O–H groups in total. The third kappa shape index (κ3) is 7.70. The number of nitrogens with one attached hydrogen (secondary N) is 2. The first-order chi connectivity index (χ1) is 16.9. The maximum Gasteiger partial charge on any atom is 0.336 e. The van der Waals surface area contributed by atoms with Crippen molar-refractivity contribution in [3.8, 4) is 11.5 Å². The van der Waals surface area contributed by atoms with E-state index in [1.165, 1.54) is 43.7 Å². The summed E-state index contributed by atoms with van der Waals surface area (Å²) in [5.41, 5.74) is 3.80. The summed E-state index contributed by atoms with van der Waals surface area (Å²) >= 11 is 11.7. The van der Waals surface area contributed by atoms with Gasteiger partial charge in [0.25, 0.3) is 0 Å². The van der Waals surface area contributed by atoms with Crippen molar-refractivity contribution in [3.63, 3.8) is 0 Å². The number of ether oxygens (including phenoxy) is 2. The molecule has 0 unspecified atom stereocenters. The van der Waals surface area contributed by atoms with Crippen LogP contribution in [0.2, 0.25) is 10.0 Å². The van der Waals surface area contributed by atoms with Gasteiger partial charge in [-0.15, -0.1) is 0 Å². The quantitative estimate of drug-likeness (QED) is 0.119. The van der Waals surface area contributed by atoms with Crippen LogP contribution in [0.5, 0.6) is 11.5 Å². The van der Waals surface area contributed by atoms with Crippen molar-refractivity contribution in [1.29, 1.82) is 0 Å². The maximum atomic E-state index is 12.1. The number of benzene rings is 3. The zero-order valence-electron chi connectivity index (χ0n) is 18.3. The minimum Gasteiger partial charge on any atom is -0.493 e. The molecule has 0 radical (unpaired) electrons. The van der Waals surface area contributed by atoms with Crippen LogP contribution in [0.3, 0.4) is 0 Å². The highest BCUT2D eigenvalue weighted by Gasteiger charge is 2.14. The van der Waals surface area contributed by atoms with Crippen molar-refractivity contribution in [2.45, 2.75) is 0 Å². The number of halogens is 2. The van der Waals surface area contributed by atoms with E-state index in [9.17, 15) is 14.4 Å². The number of hydrazone groups is 1. The molecule has 0 aliphatic rings. The summed E-state index contributed by atoms with van der Waals surface area (Å²) in [5, 5.41) is 6.69. The SMILES string of the molecule is COc1cc(C=NNC(=O)C(=O)Nc2ccc(Cl)c(Cl)c2)ccc1OC(=O)C=Cc1ccccc1. The minimum absolute atomic E-state index is 0.206. The molecule has 35 heavy (non-hydrogen) atoms. The van der Waals surface area contributed by atoms with E-state index in [0.717, 1.165) is 5.56 Å². The maximum absolute atomic E-state index is 12.1. The van der Waals surface area contributed by atoms with Crippen LogP contribution in [-0.2, 0) is 14.4 Å². The van der Waals surface area contributed by atoms with Crippen LogP contribution in [0.4, 0.5) is 5.69 Å². The zero-order valence-corrected chi connectivity index (χ0v) is 19.8. The Balaban J connectivity index is 1.57. The van der Waals surface area contributed by atoms with Crippen LogP contribution >= 0.6 is 23.2 Å². The van der Waals surface area contributed by atoms with Gasteiger partial charge in [0.1, 0.15) is 0 Å². The van der Waals surface area contributed by atoms with E-state index in [1.807, 2.05) is 30.3 Å². The number of methoxy groups -OCH3 is 1. The Kier molecular flexibility index (Phi) is 9.00. The number of rotatable bonds is 7. The first kappa shape index (κ1) is 25.5. The van der Waals surface area contributed by atoms with E-state index in [0.29, 0.717) is 16.3 Å². The van der Waals surface area contributed by atoms with Gasteiger partial charge in [0.05, 0.1) is 23.4 Å². The second-order valence-corrected chi connectivity index (χ2v) is 7.67. The predicted octanol–water partition coefficient (Wildman–Crippen LogP) is 4.71. The van der Waals surface area contributed by atoms with Gasteiger partial charge in [-0.25, -0.2) is 10.2 Å². The van der Waals surface area contributed by atoms with E-state index in [-0.39, 0.29) is 16.5 Å². The van der Waals surface area contributed by atoms with Crippen LogP contribution in [0.15, 0.2) is 77.9 Å². The Morgan fingerprint density at radius 1 is 0.857 bits per heavy atom. The topological polar surface area (TPSA) is 106 Å². The molecule has 0 aliphatic heterocycles. The largest absolute Gasteiger partial charge is 0.493 e. The number of nitrogens with zero attached hydrogens (tertiary/aromatic N) is 1. The fourth-order valence-electron chi connectivity index (χ4n) is 2.70. The van der Waals surface area contributed by atoms with Gasteiger partial charge < -0.3 is 14.8 Å². The molecule has 2 amide bonds. The number of hydrogen-bond acceptors (Lipinski definition) is 6. The van der Waals surface area contributed by atoms with Crippen molar-refractivity contribution in [2.24, 2.45) is 5.10 Å². The van der Waals surface area contributed by atoms with Gasteiger partial charge in [-0.05, 0) is 53.6 Å². The van der Waals surface area contributed by atoms with Crippen LogP contribution < -0.4 is 20.2 Å². The Labute approximate surface area is 211 Å². The molecule has 8 nitrogen and oxygen atoms in total. The second kappa shape index (κ2) is 12.4. The van der Waals surface area contributed by atoms with Gasteiger partial charge in [-0.2, -0.15) is 5.10 Å². The number of anilines is 1. The summed E-state index contributed by atoms with van der Waals surface area (Å²) in [6.45, 7) is 0. The van der Waals surface area contributed by atoms with Crippen molar-refractivity contribution >= 4 is 59.0 Å². The summed E-state index contributed by atoms with van der Waals surface area (Å²) in [7, 11) is 1.42. The molecule has 0 spiro atoms. The zero-order chi connectivity index (χ0) is 25.2. The second-order valence-electron chi connectivity index (χ2n) is 6.86. The number of carbonyl (C=O) groups is 3. The molecule has 0 atom stereocenters. The summed E-state index contributed by atoms with van der Waals surface area (Å²) in [4.78, 5) is 36.1. The molecule has 3 rings (SSSR count). The summed E-state index contributed by atoms with van der Waals surface area (Å²) in [6.07, 6.45) is 4.24. The van der Waals surface area contributed by atoms with Crippen LogP contribution in [0.1, 0.15) is 11.1 Å². The lowest BCUT2D eigenvalue weighted by atomic mass is 10.2. The fraction of sp³-hybridized carbons (Fsp3) is 0.0400. The normalized spacial score (nSPS) is 10.8. The van der Waals surface area contributed by atoms with Crippen molar-refractivity contribution in [3.05, 3.63) is 94.0 Å². The monoisotopic (exact) mass is 511 g/mol. The summed E-state index contributed by atoms with van der Waals surface area (Å²) in [5.74, 6) is -2.02. The van der Waals surface area contributed by atoms with E-state index in [1.54, 1.807) is 18.2 Å². The molecular formula is C25H19Cl2N3O5. The average molecular weight is 512 g/mol. The predicted molar refractivity (Wildman–Crippen MR) is 135 cm³/mol. The molecule has 0 saturated heterocycles. The third-order valence-electron chi connectivity index (χ3n) is 4.37. The molecule has 3 aromatic rings. The highest BCUT2D eigenvalue weighted by molar-refractivity contribution is 6.43. The van der Waals surface area contributed by atoms with Crippen LogP contribution in [-0.4, -0.2) is 31.1 Å². The molecule has 178 valence electrons. The van der Waals surface area contributed by atoms with Gasteiger partial charge in [0.15, 0.2) is 11.5 Å². The first-order valence-corrected chi connectivity index (χ1v) is 10.8. The Bertz CT molecular complexity index is 1290. The minimum atomic E-state index is -0.991. The average Bonchev–Trinajstić information content (AvgIpc) is 2.86. The molecule has 3 aromatic carbocycles. The molecule has 10 heteroatoms. The molecular weight excluding hydrogens is 493 g/mol. The van der Waals surface area contributed by atoms with E-state index < -0.39 is 17.8 Å². The lowest BCUT2D eigenvalue weighted by Crippen LogP contribution is -2.32. The first-order valence-electron chi connectivity index (χ1n) is 10.1. The van der Waals surface area contributed by atoms with Gasteiger partial charge in [-0.3, -0.25) is 9.59 Å². The molecule has 0 heterocycles. The number of amides is 2. The number of esters is 1. The lowest BCUT2D eigenvalue weighted by molar-refractivity contribution is -0.136. The van der Waals surface area contributed by atoms with Crippen LogP contribution in [0, 0.1) is 0 Å². The van der Waals surface area contributed by atoms with Gasteiger partial charge in [0.2, 0.25) is 0 Å². The highest BCUT2D eigenvalue weighted by Crippen LogP contribution is 2.28. The Morgan fingerprint density at radius 2 is 1.63 bits per heavy atom. The van der Waals surface area contributed by atoms with E-state index >= 15 is 0 Å². The van der Waals surface area contributed by atoms with Gasteiger partial charge >= 0.3 is 17.8 Å².